The Morgan fingerprint density at radius 2 is 1.73 bits per heavy atom. The molecular formula is C23H22N6O. The predicted molar refractivity (Wildman–Crippen MR) is 117 cm³/mol. The molecule has 0 fully saturated rings. The molecule has 2 heterocycles. The molecule has 0 spiro atoms. The van der Waals surface area contributed by atoms with Crippen molar-refractivity contribution in [3.63, 3.8) is 0 Å². The van der Waals surface area contributed by atoms with Gasteiger partial charge in [-0.1, -0.05) is 30.3 Å². The van der Waals surface area contributed by atoms with Crippen molar-refractivity contribution in [2.75, 3.05) is 10.6 Å². The molecule has 0 saturated carbocycles. The predicted octanol–water partition coefficient (Wildman–Crippen LogP) is 4.29. The lowest BCUT2D eigenvalue weighted by atomic mass is 10.1. The molecule has 30 heavy (non-hydrogen) atoms. The minimum absolute atomic E-state index is 0.00477. The second-order valence-electron chi connectivity index (χ2n) is 6.85. The molecule has 0 bridgehead atoms. The Kier molecular flexibility index (Phi) is 5.80. The molecule has 0 aliphatic heterocycles. The topological polar surface area (TPSA) is 84.7 Å². The maximum Gasteiger partial charge on any atom is 0.224 e. The van der Waals surface area contributed by atoms with Gasteiger partial charge in [0.25, 0.3) is 0 Å². The first kappa shape index (κ1) is 19.3. The van der Waals surface area contributed by atoms with Crippen LogP contribution in [-0.2, 0) is 11.2 Å². The largest absolute Gasteiger partial charge is 0.340 e. The third-order valence-electron chi connectivity index (χ3n) is 4.49. The highest BCUT2D eigenvalue weighted by Crippen LogP contribution is 2.19. The summed E-state index contributed by atoms with van der Waals surface area (Å²) in [6, 6.07) is 21.2. The number of aryl methyl sites for hydroxylation is 2. The Labute approximate surface area is 174 Å². The highest BCUT2D eigenvalue weighted by Gasteiger charge is 2.06. The molecule has 2 N–H and O–H groups in total. The molecule has 150 valence electrons. The van der Waals surface area contributed by atoms with Crippen LogP contribution in [0.5, 0.6) is 0 Å². The van der Waals surface area contributed by atoms with Crippen LogP contribution in [-0.4, -0.2) is 25.7 Å². The summed E-state index contributed by atoms with van der Waals surface area (Å²) in [7, 11) is 0. The molecule has 4 rings (SSSR count). The summed E-state index contributed by atoms with van der Waals surface area (Å²) in [6.45, 7) is 1.84. The lowest BCUT2D eigenvalue weighted by Gasteiger charge is -2.10. The number of nitrogens with zero attached hydrogens (tertiary/aromatic N) is 4. The van der Waals surface area contributed by atoms with Crippen LogP contribution >= 0.6 is 0 Å². The van der Waals surface area contributed by atoms with Crippen molar-refractivity contribution in [2.45, 2.75) is 19.8 Å². The molecule has 0 atom stereocenters. The lowest BCUT2D eigenvalue weighted by molar-refractivity contribution is -0.116. The molecule has 7 heteroatoms. The number of carbonyl (C=O) groups is 1. The van der Waals surface area contributed by atoms with E-state index in [4.69, 9.17) is 0 Å². The smallest absolute Gasteiger partial charge is 0.224 e. The van der Waals surface area contributed by atoms with Crippen LogP contribution in [0.15, 0.2) is 79.1 Å². The zero-order valence-electron chi connectivity index (χ0n) is 16.6. The molecule has 2 aromatic carbocycles. The maximum absolute atomic E-state index is 12.2. The average molecular weight is 398 g/mol. The van der Waals surface area contributed by atoms with Crippen molar-refractivity contribution in [1.29, 1.82) is 0 Å². The molecule has 4 aromatic rings. The minimum Gasteiger partial charge on any atom is -0.340 e. The fourth-order valence-corrected chi connectivity index (χ4v) is 3.05. The van der Waals surface area contributed by atoms with Gasteiger partial charge in [0.2, 0.25) is 5.91 Å². The molecule has 0 aliphatic rings. The van der Waals surface area contributed by atoms with E-state index < -0.39 is 0 Å². The van der Waals surface area contributed by atoms with E-state index in [1.165, 1.54) is 0 Å². The molecule has 1 amide bonds. The van der Waals surface area contributed by atoms with Gasteiger partial charge in [0.05, 0.1) is 0 Å². The Hall–Kier alpha value is -4.00. The summed E-state index contributed by atoms with van der Waals surface area (Å²) in [4.78, 5) is 21.0. The summed E-state index contributed by atoms with van der Waals surface area (Å²) in [6.07, 6.45) is 4.70. The molecule has 7 nitrogen and oxygen atoms in total. The van der Waals surface area contributed by atoms with Gasteiger partial charge in [-0.2, -0.15) is 5.10 Å². The third kappa shape index (κ3) is 5.08. The first-order chi connectivity index (χ1) is 14.7. The highest BCUT2D eigenvalue weighted by molar-refractivity contribution is 5.91. The van der Waals surface area contributed by atoms with E-state index in [2.05, 4.69) is 25.7 Å². The monoisotopic (exact) mass is 398 g/mol. The summed E-state index contributed by atoms with van der Waals surface area (Å²) in [5.74, 6) is 2.01. The van der Waals surface area contributed by atoms with Gasteiger partial charge in [-0.15, -0.1) is 0 Å². The zero-order chi connectivity index (χ0) is 20.8. The summed E-state index contributed by atoms with van der Waals surface area (Å²) >= 11 is 0. The average Bonchev–Trinajstić information content (AvgIpc) is 3.29. The van der Waals surface area contributed by atoms with Crippen molar-refractivity contribution in [3.8, 4) is 5.82 Å². The number of carbonyl (C=O) groups excluding carboxylic acids is 1. The van der Waals surface area contributed by atoms with Gasteiger partial charge in [0.15, 0.2) is 5.82 Å². The van der Waals surface area contributed by atoms with Crippen molar-refractivity contribution in [3.05, 3.63) is 90.5 Å². The number of hydrogen-bond donors (Lipinski definition) is 2. The van der Waals surface area contributed by atoms with Crippen molar-refractivity contribution in [2.24, 2.45) is 0 Å². The quantitative estimate of drug-likeness (QED) is 0.485. The van der Waals surface area contributed by atoms with Crippen molar-refractivity contribution in [1.82, 2.24) is 19.7 Å². The second kappa shape index (κ2) is 9.00. The first-order valence-electron chi connectivity index (χ1n) is 9.72. The Balaban J connectivity index is 1.36. The van der Waals surface area contributed by atoms with Gasteiger partial charge in [-0.3, -0.25) is 4.79 Å². The normalized spacial score (nSPS) is 10.6. The fourth-order valence-electron chi connectivity index (χ4n) is 3.05. The van der Waals surface area contributed by atoms with E-state index in [0.29, 0.717) is 23.9 Å². The van der Waals surface area contributed by atoms with E-state index in [0.717, 1.165) is 23.4 Å². The Bertz CT molecular complexity index is 1110. The number of hydrogen-bond acceptors (Lipinski definition) is 5. The Morgan fingerprint density at radius 3 is 2.47 bits per heavy atom. The lowest BCUT2D eigenvalue weighted by Crippen LogP contribution is -2.12. The second-order valence-corrected chi connectivity index (χ2v) is 6.85. The van der Waals surface area contributed by atoms with Gasteiger partial charge < -0.3 is 10.6 Å². The van der Waals surface area contributed by atoms with Crippen LogP contribution in [0.3, 0.4) is 0 Å². The van der Waals surface area contributed by atoms with Crippen LogP contribution < -0.4 is 10.6 Å². The van der Waals surface area contributed by atoms with Crippen LogP contribution in [0, 0.1) is 6.92 Å². The molecule has 0 radical (unpaired) electrons. The van der Waals surface area contributed by atoms with Gasteiger partial charge >= 0.3 is 0 Å². The summed E-state index contributed by atoms with van der Waals surface area (Å²) in [5, 5.41) is 10.4. The van der Waals surface area contributed by atoms with Gasteiger partial charge in [-0.05, 0) is 49.2 Å². The van der Waals surface area contributed by atoms with E-state index in [9.17, 15) is 4.79 Å². The van der Waals surface area contributed by atoms with Gasteiger partial charge in [0, 0.05) is 36.3 Å². The molecular weight excluding hydrogens is 376 g/mol. The standard InChI is InChI=1S/C23H22N6O/c1-17-25-21(16-22(26-17)29-15-5-14-24-29)27-19-9-11-20(12-10-19)28-23(30)13-8-18-6-3-2-4-7-18/h2-7,9-12,14-16H,8,13H2,1H3,(H,28,30)(H,25,26,27). The fraction of sp³-hybridized carbons (Fsp3) is 0.130. The van der Waals surface area contributed by atoms with Crippen molar-refractivity contribution >= 4 is 23.1 Å². The first-order valence-corrected chi connectivity index (χ1v) is 9.72. The van der Waals surface area contributed by atoms with E-state index in [1.807, 2.05) is 79.9 Å². The molecule has 0 saturated heterocycles. The van der Waals surface area contributed by atoms with Crippen LogP contribution in [0.25, 0.3) is 5.82 Å². The summed E-state index contributed by atoms with van der Waals surface area (Å²) < 4.78 is 1.69. The van der Waals surface area contributed by atoms with E-state index >= 15 is 0 Å². The number of nitrogens with one attached hydrogen (secondary N) is 2. The zero-order valence-corrected chi connectivity index (χ0v) is 16.6. The van der Waals surface area contributed by atoms with Gasteiger partial charge in [-0.25, -0.2) is 14.6 Å². The van der Waals surface area contributed by atoms with Crippen molar-refractivity contribution < 1.29 is 4.79 Å². The summed E-state index contributed by atoms with van der Waals surface area (Å²) in [5.41, 5.74) is 2.78. The van der Waals surface area contributed by atoms with Crippen LogP contribution in [0.1, 0.15) is 17.8 Å². The Morgan fingerprint density at radius 1 is 0.967 bits per heavy atom. The molecule has 0 aliphatic carbocycles. The molecule has 2 aromatic heterocycles. The minimum atomic E-state index is -0.00477. The van der Waals surface area contributed by atoms with Crippen LogP contribution in [0.4, 0.5) is 17.2 Å². The highest BCUT2D eigenvalue weighted by atomic mass is 16.1. The third-order valence-corrected chi connectivity index (χ3v) is 4.49. The van der Waals surface area contributed by atoms with E-state index in [1.54, 1.807) is 10.9 Å². The maximum atomic E-state index is 12.2. The number of amides is 1. The SMILES string of the molecule is Cc1nc(Nc2ccc(NC(=O)CCc3ccccc3)cc2)cc(-n2cccn2)n1. The number of aromatic nitrogens is 4. The number of benzene rings is 2. The van der Waals surface area contributed by atoms with Gasteiger partial charge in [0.1, 0.15) is 11.6 Å². The molecule has 0 unspecified atom stereocenters. The van der Waals surface area contributed by atoms with E-state index in [-0.39, 0.29) is 5.91 Å². The number of rotatable bonds is 7. The number of anilines is 3. The van der Waals surface area contributed by atoms with Crippen LogP contribution in [0.2, 0.25) is 0 Å².